The molecule has 0 aromatic carbocycles. The van der Waals surface area contributed by atoms with Crippen LogP contribution in [-0.2, 0) is 14.8 Å². The molecular weight excluding hydrogens is 390 g/mol. The lowest BCUT2D eigenvalue weighted by molar-refractivity contribution is 0.0987. The molecule has 1 atom stereocenters. The number of morpholine rings is 1. The Balaban J connectivity index is 1.90. The summed E-state index contributed by atoms with van der Waals surface area (Å²) < 4.78 is 31.9. The molecule has 0 unspecified atom stereocenters. The van der Waals surface area contributed by atoms with Crippen LogP contribution in [-0.4, -0.2) is 66.7 Å². The minimum absolute atomic E-state index is 0.127. The predicted molar refractivity (Wildman–Crippen MR) is 113 cm³/mol. The summed E-state index contributed by atoms with van der Waals surface area (Å²) in [7, 11) is -3.49. The molecule has 0 N–H and O–H groups in total. The summed E-state index contributed by atoms with van der Waals surface area (Å²) in [6.07, 6.45) is 8.40. The van der Waals surface area contributed by atoms with Gasteiger partial charge in [0.2, 0.25) is 10.0 Å². The molecule has 150 valence electrons. The molecule has 8 nitrogen and oxygen atoms in total. The number of anilines is 1. The highest BCUT2D eigenvalue weighted by molar-refractivity contribution is 7.89. The van der Waals surface area contributed by atoms with Gasteiger partial charge in [0.1, 0.15) is 17.0 Å². The second kappa shape index (κ2) is 6.64. The van der Waals surface area contributed by atoms with E-state index in [4.69, 9.17) is 9.72 Å². The van der Waals surface area contributed by atoms with Gasteiger partial charge in [-0.15, -0.1) is 0 Å². The Bertz CT molecular complexity index is 1290. The molecule has 0 amide bonds. The lowest BCUT2D eigenvalue weighted by Crippen LogP contribution is -2.44. The monoisotopic (exact) mass is 411 g/mol. The van der Waals surface area contributed by atoms with Crippen LogP contribution in [0.25, 0.3) is 21.8 Å². The van der Waals surface area contributed by atoms with Crippen molar-refractivity contribution >= 4 is 43.4 Å². The largest absolute Gasteiger partial charge is 0.377 e. The molecule has 2 aliphatic rings. The third kappa shape index (κ3) is 2.92. The minimum atomic E-state index is -3.49. The number of aromatic nitrogens is 3. The first kappa shape index (κ1) is 18.3. The first-order valence-corrected chi connectivity index (χ1v) is 11.4. The third-order valence-electron chi connectivity index (χ3n) is 5.37. The fourth-order valence-corrected chi connectivity index (χ4v) is 4.84. The SMILES string of the molecule is C[C@@H]1COCCN1c1nc2c(C3=NCC=C3)nccc2c2c1ccn2S(C)(=O)=O. The van der Waals surface area contributed by atoms with Crippen LogP contribution in [0.2, 0.25) is 0 Å². The zero-order valence-corrected chi connectivity index (χ0v) is 17.1. The highest BCUT2D eigenvalue weighted by atomic mass is 32.2. The zero-order chi connectivity index (χ0) is 20.2. The van der Waals surface area contributed by atoms with Gasteiger partial charge in [-0.2, -0.15) is 0 Å². The van der Waals surface area contributed by atoms with Gasteiger partial charge in [-0.25, -0.2) is 17.4 Å². The maximum Gasteiger partial charge on any atom is 0.236 e. The molecule has 3 aromatic heterocycles. The van der Waals surface area contributed by atoms with Gasteiger partial charge in [0.05, 0.1) is 43.3 Å². The average Bonchev–Trinajstić information content (AvgIpc) is 3.37. The van der Waals surface area contributed by atoms with E-state index in [1.807, 2.05) is 24.3 Å². The van der Waals surface area contributed by atoms with Crippen LogP contribution in [0.15, 0.2) is 41.7 Å². The number of rotatable bonds is 3. The zero-order valence-electron chi connectivity index (χ0n) is 16.2. The van der Waals surface area contributed by atoms with Crippen molar-refractivity contribution in [3.05, 3.63) is 42.4 Å². The first-order valence-electron chi connectivity index (χ1n) is 9.51. The van der Waals surface area contributed by atoms with E-state index in [1.54, 1.807) is 12.4 Å². The van der Waals surface area contributed by atoms with Crippen LogP contribution in [0.4, 0.5) is 5.82 Å². The smallest absolute Gasteiger partial charge is 0.236 e. The summed E-state index contributed by atoms with van der Waals surface area (Å²) in [5.74, 6) is 0.752. The fraction of sp³-hybridized carbons (Fsp3) is 0.350. The lowest BCUT2D eigenvalue weighted by atomic mass is 10.1. The number of pyridine rings is 2. The van der Waals surface area contributed by atoms with Crippen LogP contribution < -0.4 is 4.90 Å². The lowest BCUT2D eigenvalue weighted by Gasteiger charge is -2.35. The first-order chi connectivity index (χ1) is 13.9. The Labute approximate surface area is 168 Å². The Hall–Kier alpha value is -2.78. The van der Waals surface area contributed by atoms with E-state index in [2.05, 4.69) is 21.8 Å². The molecule has 29 heavy (non-hydrogen) atoms. The molecule has 0 saturated carbocycles. The van der Waals surface area contributed by atoms with E-state index in [9.17, 15) is 8.42 Å². The summed E-state index contributed by atoms with van der Waals surface area (Å²) in [5, 5.41) is 1.55. The average molecular weight is 411 g/mol. The van der Waals surface area contributed by atoms with E-state index in [0.29, 0.717) is 43.0 Å². The summed E-state index contributed by atoms with van der Waals surface area (Å²) in [6, 6.07) is 3.77. The van der Waals surface area contributed by atoms with E-state index < -0.39 is 10.0 Å². The second-order valence-corrected chi connectivity index (χ2v) is 9.23. The van der Waals surface area contributed by atoms with Crippen molar-refractivity contribution in [3.63, 3.8) is 0 Å². The molecule has 0 bridgehead atoms. The third-order valence-corrected chi connectivity index (χ3v) is 6.39. The van der Waals surface area contributed by atoms with Crippen LogP contribution in [0.1, 0.15) is 12.6 Å². The van der Waals surface area contributed by atoms with Gasteiger partial charge in [0.25, 0.3) is 0 Å². The number of hydrogen-bond acceptors (Lipinski definition) is 7. The van der Waals surface area contributed by atoms with Crippen LogP contribution >= 0.6 is 0 Å². The van der Waals surface area contributed by atoms with Crippen molar-refractivity contribution in [3.8, 4) is 0 Å². The molecule has 0 radical (unpaired) electrons. The van der Waals surface area contributed by atoms with E-state index in [-0.39, 0.29) is 6.04 Å². The molecule has 2 aliphatic heterocycles. The maximum atomic E-state index is 12.5. The molecule has 5 rings (SSSR count). The predicted octanol–water partition coefficient (Wildman–Crippen LogP) is 1.98. The number of nitrogens with zero attached hydrogens (tertiary/aromatic N) is 5. The quantitative estimate of drug-likeness (QED) is 0.655. The number of aliphatic imine (C=N–C) groups is 1. The van der Waals surface area contributed by atoms with Gasteiger partial charge in [-0.1, -0.05) is 6.08 Å². The minimum Gasteiger partial charge on any atom is -0.377 e. The number of ether oxygens (including phenoxy) is 1. The Morgan fingerprint density at radius 2 is 2.10 bits per heavy atom. The maximum absolute atomic E-state index is 12.5. The van der Waals surface area contributed by atoms with Crippen molar-refractivity contribution in [2.75, 3.05) is 37.5 Å². The van der Waals surface area contributed by atoms with Gasteiger partial charge in [-0.05, 0) is 25.1 Å². The molecule has 9 heteroatoms. The summed E-state index contributed by atoms with van der Waals surface area (Å²) in [5.41, 5.74) is 2.71. The van der Waals surface area contributed by atoms with Gasteiger partial charge in [0.15, 0.2) is 0 Å². The molecule has 0 spiro atoms. The van der Waals surface area contributed by atoms with Crippen LogP contribution in [0, 0.1) is 0 Å². The Morgan fingerprint density at radius 1 is 1.24 bits per heavy atom. The van der Waals surface area contributed by atoms with Gasteiger partial charge in [0, 0.05) is 29.7 Å². The molecule has 5 heterocycles. The van der Waals surface area contributed by atoms with Gasteiger partial charge >= 0.3 is 0 Å². The number of fused-ring (bicyclic) bond motifs is 3. The van der Waals surface area contributed by atoms with E-state index in [1.165, 1.54) is 10.2 Å². The Kier molecular flexibility index (Phi) is 4.18. The van der Waals surface area contributed by atoms with Crippen LogP contribution in [0.3, 0.4) is 0 Å². The molecular formula is C20H21N5O3S. The molecule has 1 saturated heterocycles. The van der Waals surface area contributed by atoms with Crippen molar-refractivity contribution in [2.45, 2.75) is 13.0 Å². The molecule has 1 fully saturated rings. The molecule has 0 aliphatic carbocycles. The Morgan fingerprint density at radius 3 is 2.83 bits per heavy atom. The standard InChI is InChI=1S/C20H21N5O3S/c1-13-12-28-11-10-24(13)20-15-6-9-25(29(2,26)27)19(15)14-5-8-22-18(17(14)23-20)16-4-3-7-21-16/h3-6,8-9,13H,7,10-12H2,1-2H3/t13-/m1/s1. The molecule has 3 aromatic rings. The van der Waals surface area contributed by atoms with Crippen molar-refractivity contribution < 1.29 is 13.2 Å². The van der Waals surface area contributed by atoms with Gasteiger partial charge in [-0.3, -0.25) is 9.98 Å². The highest BCUT2D eigenvalue weighted by Crippen LogP contribution is 2.35. The van der Waals surface area contributed by atoms with Crippen molar-refractivity contribution in [1.82, 2.24) is 13.9 Å². The normalized spacial score (nSPS) is 20.0. The van der Waals surface area contributed by atoms with E-state index >= 15 is 0 Å². The van der Waals surface area contributed by atoms with Gasteiger partial charge < -0.3 is 9.64 Å². The van der Waals surface area contributed by atoms with E-state index in [0.717, 1.165) is 22.3 Å². The number of hydrogen-bond donors (Lipinski definition) is 0. The number of allylic oxidation sites excluding steroid dienone is 1. The topological polar surface area (TPSA) is 89.7 Å². The highest BCUT2D eigenvalue weighted by Gasteiger charge is 2.26. The summed E-state index contributed by atoms with van der Waals surface area (Å²) >= 11 is 0. The van der Waals surface area contributed by atoms with Crippen molar-refractivity contribution in [2.24, 2.45) is 4.99 Å². The summed E-state index contributed by atoms with van der Waals surface area (Å²) in [4.78, 5) is 16.2. The van der Waals surface area contributed by atoms with Crippen LogP contribution in [0.5, 0.6) is 0 Å². The summed E-state index contributed by atoms with van der Waals surface area (Å²) in [6.45, 7) is 4.59. The second-order valence-electron chi connectivity index (χ2n) is 7.37. The van der Waals surface area contributed by atoms with Crippen molar-refractivity contribution in [1.29, 1.82) is 0 Å². The fourth-order valence-electron chi connectivity index (χ4n) is 4.03.